The molecule has 3 rings (SSSR count). The molecule has 0 aliphatic heterocycles. The lowest BCUT2D eigenvalue weighted by molar-refractivity contribution is 0.165. The average Bonchev–Trinajstić information content (AvgIpc) is 2.56. The highest BCUT2D eigenvalue weighted by Crippen LogP contribution is 2.38. The molecule has 0 aromatic heterocycles. The molecule has 1 aliphatic rings. The maximum atomic E-state index is 11.7. The first-order valence-corrected chi connectivity index (χ1v) is 6.96. The Morgan fingerprint density at radius 1 is 1.05 bits per heavy atom. The molecule has 0 unspecified atom stereocenters. The smallest absolute Gasteiger partial charge is 0.407 e. The molecule has 106 valence electrons. The molecule has 0 saturated heterocycles. The van der Waals surface area contributed by atoms with Gasteiger partial charge in [0.05, 0.1) is 13.2 Å². The number of nitrogens with one attached hydrogen (secondary N) is 1. The summed E-state index contributed by atoms with van der Waals surface area (Å²) in [6.07, 6.45) is 3.84. The van der Waals surface area contributed by atoms with E-state index in [9.17, 15) is 4.79 Å². The average molecular weight is 279 g/mol. The van der Waals surface area contributed by atoms with E-state index in [1.165, 1.54) is 12.7 Å². The highest BCUT2D eigenvalue weighted by molar-refractivity contribution is 5.70. The molecular formula is C18H17NO2. The van der Waals surface area contributed by atoms with Gasteiger partial charge in [0.25, 0.3) is 0 Å². The Bertz CT molecular complexity index is 664. The van der Waals surface area contributed by atoms with Gasteiger partial charge < -0.3 is 10.1 Å². The lowest BCUT2D eigenvalue weighted by atomic mass is 9.81. The Morgan fingerprint density at radius 2 is 1.76 bits per heavy atom. The minimum absolute atomic E-state index is 0.0974. The first-order valence-electron chi connectivity index (χ1n) is 6.96. The molecule has 2 atom stereocenters. The van der Waals surface area contributed by atoms with Crippen molar-refractivity contribution in [1.29, 1.82) is 0 Å². The van der Waals surface area contributed by atoms with Crippen molar-refractivity contribution < 1.29 is 9.53 Å². The fourth-order valence-corrected chi connectivity index (χ4v) is 2.79. The van der Waals surface area contributed by atoms with Crippen molar-refractivity contribution in [3.05, 3.63) is 77.4 Å². The topological polar surface area (TPSA) is 38.3 Å². The van der Waals surface area contributed by atoms with Crippen molar-refractivity contribution in [3.63, 3.8) is 0 Å². The zero-order valence-electron chi connectivity index (χ0n) is 11.8. The van der Waals surface area contributed by atoms with Crippen LogP contribution in [0, 0.1) is 0 Å². The highest BCUT2D eigenvalue weighted by Gasteiger charge is 2.28. The molecule has 1 amide bonds. The standard InChI is InChI=1S/C18H17NO2/c1-21-18(20)19-17-15-10-6-5-9-14(15)11-12-16(17)13-7-3-2-4-8-13/h2-12,16-17H,1H3,(H,19,20)/t16-,17-/m0/s1. The summed E-state index contributed by atoms with van der Waals surface area (Å²) < 4.78 is 4.78. The Hall–Kier alpha value is -2.55. The van der Waals surface area contributed by atoms with Crippen LogP contribution in [0.3, 0.4) is 0 Å². The summed E-state index contributed by atoms with van der Waals surface area (Å²) in [7, 11) is 1.39. The maximum Gasteiger partial charge on any atom is 0.407 e. The van der Waals surface area contributed by atoms with Gasteiger partial charge in [-0.05, 0) is 16.7 Å². The molecule has 1 aliphatic carbocycles. The van der Waals surface area contributed by atoms with E-state index in [1.54, 1.807) is 0 Å². The number of rotatable bonds is 2. The van der Waals surface area contributed by atoms with Gasteiger partial charge in [0, 0.05) is 5.92 Å². The second-order valence-electron chi connectivity index (χ2n) is 5.04. The molecule has 2 aromatic carbocycles. The summed E-state index contributed by atoms with van der Waals surface area (Å²) in [6.45, 7) is 0. The van der Waals surface area contributed by atoms with E-state index < -0.39 is 6.09 Å². The second-order valence-corrected chi connectivity index (χ2v) is 5.04. The molecule has 0 heterocycles. The van der Waals surface area contributed by atoms with Crippen LogP contribution in [-0.4, -0.2) is 13.2 Å². The molecule has 0 saturated carbocycles. The molecule has 21 heavy (non-hydrogen) atoms. The van der Waals surface area contributed by atoms with Gasteiger partial charge in [0.1, 0.15) is 0 Å². The van der Waals surface area contributed by atoms with E-state index in [2.05, 4.69) is 41.7 Å². The predicted molar refractivity (Wildman–Crippen MR) is 82.9 cm³/mol. The minimum atomic E-state index is -0.411. The van der Waals surface area contributed by atoms with Crippen molar-refractivity contribution in [2.24, 2.45) is 0 Å². The fourth-order valence-electron chi connectivity index (χ4n) is 2.79. The van der Waals surface area contributed by atoms with Gasteiger partial charge in [-0.25, -0.2) is 4.79 Å². The van der Waals surface area contributed by atoms with Crippen molar-refractivity contribution >= 4 is 12.2 Å². The van der Waals surface area contributed by atoms with Gasteiger partial charge >= 0.3 is 6.09 Å². The Morgan fingerprint density at radius 3 is 2.52 bits per heavy atom. The number of carbonyl (C=O) groups is 1. The van der Waals surface area contributed by atoms with Gasteiger partial charge in [-0.3, -0.25) is 0 Å². The second kappa shape index (κ2) is 5.83. The van der Waals surface area contributed by atoms with E-state index in [-0.39, 0.29) is 12.0 Å². The molecular weight excluding hydrogens is 262 g/mol. The molecule has 3 nitrogen and oxygen atoms in total. The molecule has 1 N–H and O–H groups in total. The van der Waals surface area contributed by atoms with Crippen molar-refractivity contribution in [3.8, 4) is 0 Å². The van der Waals surface area contributed by atoms with E-state index in [4.69, 9.17) is 4.74 Å². The van der Waals surface area contributed by atoms with Gasteiger partial charge in [0.2, 0.25) is 0 Å². The van der Waals surface area contributed by atoms with Crippen LogP contribution in [0.4, 0.5) is 4.79 Å². The van der Waals surface area contributed by atoms with Crippen LogP contribution in [0.2, 0.25) is 0 Å². The quantitative estimate of drug-likeness (QED) is 0.905. The van der Waals surface area contributed by atoms with E-state index in [1.807, 2.05) is 30.3 Å². The Balaban J connectivity index is 2.02. The van der Waals surface area contributed by atoms with E-state index >= 15 is 0 Å². The number of amides is 1. The summed E-state index contributed by atoms with van der Waals surface area (Å²) in [5, 5.41) is 2.96. The zero-order valence-corrected chi connectivity index (χ0v) is 11.8. The van der Waals surface area contributed by atoms with E-state index in [0.29, 0.717) is 0 Å². The van der Waals surface area contributed by atoms with Crippen LogP contribution in [0.15, 0.2) is 60.7 Å². The normalized spacial score (nSPS) is 19.7. The summed E-state index contributed by atoms with van der Waals surface area (Å²) in [5.74, 6) is 0.0974. The molecule has 3 heteroatoms. The lowest BCUT2D eigenvalue weighted by Gasteiger charge is -2.30. The van der Waals surface area contributed by atoms with Crippen molar-refractivity contribution in [1.82, 2.24) is 5.32 Å². The van der Waals surface area contributed by atoms with Crippen LogP contribution in [0.1, 0.15) is 28.7 Å². The first-order chi connectivity index (χ1) is 10.3. The third-order valence-corrected chi connectivity index (χ3v) is 3.82. The van der Waals surface area contributed by atoms with Gasteiger partial charge in [-0.2, -0.15) is 0 Å². The number of benzene rings is 2. The van der Waals surface area contributed by atoms with Gasteiger partial charge in [0.15, 0.2) is 0 Å². The van der Waals surface area contributed by atoms with Crippen molar-refractivity contribution in [2.75, 3.05) is 7.11 Å². The predicted octanol–water partition coefficient (Wildman–Crippen LogP) is 3.89. The number of alkyl carbamates (subject to hydrolysis) is 1. The molecule has 0 fully saturated rings. The zero-order chi connectivity index (χ0) is 14.7. The molecule has 0 bridgehead atoms. The summed E-state index contributed by atoms with van der Waals surface area (Å²) in [4.78, 5) is 11.7. The fraction of sp³-hybridized carbons (Fsp3) is 0.167. The Kier molecular flexibility index (Phi) is 3.73. The highest BCUT2D eigenvalue weighted by atomic mass is 16.5. The number of methoxy groups -OCH3 is 1. The summed E-state index contributed by atoms with van der Waals surface area (Å²) >= 11 is 0. The number of hydrogen-bond acceptors (Lipinski definition) is 2. The van der Waals surface area contributed by atoms with Crippen LogP contribution in [0.25, 0.3) is 6.08 Å². The Labute approximate surface area is 124 Å². The minimum Gasteiger partial charge on any atom is -0.453 e. The van der Waals surface area contributed by atoms with Crippen LogP contribution in [0.5, 0.6) is 0 Å². The summed E-state index contributed by atoms with van der Waals surface area (Å²) in [6, 6.07) is 18.1. The summed E-state index contributed by atoms with van der Waals surface area (Å²) in [5.41, 5.74) is 3.41. The van der Waals surface area contributed by atoms with Crippen LogP contribution < -0.4 is 5.32 Å². The maximum absolute atomic E-state index is 11.7. The van der Waals surface area contributed by atoms with Crippen molar-refractivity contribution in [2.45, 2.75) is 12.0 Å². The third kappa shape index (κ3) is 2.68. The van der Waals surface area contributed by atoms with Gasteiger partial charge in [-0.1, -0.05) is 66.7 Å². The van der Waals surface area contributed by atoms with Gasteiger partial charge in [-0.15, -0.1) is 0 Å². The molecule has 0 radical (unpaired) electrons. The number of carbonyl (C=O) groups excluding carboxylic acids is 1. The molecule has 0 spiro atoms. The van der Waals surface area contributed by atoms with Crippen LogP contribution in [-0.2, 0) is 4.74 Å². The SMILES string of the molecule is COC(=O)N[C@H]1c2ccccc2C=C[C@H]1c1ccccc1. The molecule has 2 aromatic rings. The lowest BCUT2D eigenvalue weighted by Crippen LogP contribution is -2.33. The number of ether oxygens (including phenoxy) is 1. The number of fused-ring (bicyclic) bond motifs is 1. The van der Waals surface area contributed by atoms with E-state index in [0.717, 1.165) is 11.1 Å². The number of hydrogen-bond donors (Lipinski definition) is 1. The largest absolute Gasteiger partial charge is 0.453 e. The first kappa shape index (κ1) is 13.4. The van der Waals surface area contributed by atoms with Crippen LogP contribution >= 0.6 is 0 Å². The third-order valence-electron chi connectivity index (χ3n) is 3.82. The monoisotopic (exact) mass is 279 g/mol.